The predicted molar refractivity (Wildman–Crippen MR) is 110 cm³/mol. The minimum Gasteiger partial charge on any atom is -0.347 e. The Hall–Kier alpha value is -2.82. The second-order valence-electron chi connectivity index (χ2n) is 6.25. The minimum absolute atomic E-state index is 0.112. The van der Waals surface area contributed by atoms with Crippen LogP contribution in [-0.4, -0.2) is 30.9 Å². The van der Waals surface area contributed by atoms with Gasteiger partial charge in [0.15, 0.2) is 4.77 Å². The first-order valence-electron chi connectivity index (χ1n) is 8.62. The van der Waals surface area contributed by atoms with Crippen LogP contribution in [-0.2, 0) is 22.3 Å². The molecule has 0 aliphatic rings. The van der Waals surface area contributed by atoms with Crippen LogP contribution in [0.2, 0.25) is 0 Å². The van der Waals surface area contributed by atoms with Crippen molar-refractivity contribution in [2.45, 2.75) is 12.3 Å². The molecule has 0 unspecified atom stereocenters. The maximum absolute atomic E-state index is 13.2. The van der Waals surface area contributed by atoms with E-state index >= 15 is 0 Å². The highest BCUT2D eigenvalue weighted by Gasteiger charge is 2.14. The molecule has 0 radical (unpaired) electrons. The third-order valence-electron chi connectivity index (χ3n) is 4.24. The van der Waals surface area contributed by atoms with Crippen molar-refractivity contribution in [2.24, 2.45) is 0 Å². The van der Waals surface area contributed by atoms with Crippen molar-refractivity contribution in [3.63, 3.8) is 0 Å². The molecule has 1 amide bonds. The molecule has 0 spiro atoms. The Balaban J connectivity index is 1.70. The highest BCUT2D eigenvalue weighted by Crippen LogP contribution is 2.14. The van der Waals surface area contributed by atoms with Crippen molar-refractivity contribution in [1.82, 2.24) is 19.6 Å². The van der Waals surface area contributed by atoms with E-state index in [1.54, 1.807) is 24.3 Å². The lowest BCUT2D eigenvalue weighted by atomic mass is 10.1. The smallest absolute Gasteiger partial charge is 0.270 e. The number of H-pyrrole nitrogens is 1. The van der Waals surface area contributed by atoms with Crippen molar-refractivity contribution >= 4 is 28.1 Å². The fourth-order valence-corrected chi connectivity index (χ4v) is 3.74. The number of hydrogen-bond donors (Lipinski definition) is 3. The first-order chi connectivity index (χ1) is 13.8. The molecule has 0 saturated carbocycles. The monoisotopic (exact) mass is 434 g/mol. The molecule has 2 aromatic carbocycles. The number of carbonyl (C=O) groups excluding carboxylic acids is 1. The number of imidazole rings is 1. The van der Waals surface area contributed by atoms with Gasteiger partial charge in [-0.3, -0.25) is 9.36 Å². The maximum atomic E-state index is 13.2. The zero-order valence-corrected chi connectivity index (χ0v) is 17.1. The Morgan fingerprint density at radius 3 is 2.34 bits per heavy atom. The summed E-state index contributed by atoms with van der Waals surface area (Å²) in [6.07, 6.45) is 1.49. The number of hydrogen-bond acceptors (Lipinski definition) is 4. The lowest BCUT2D eigenvalue weighted by Gasteiger charge is -2.10. The predicted octanol–water partition coefficient (Wildman–Crippen LogP) is 2.65. The molecule has 0 fully saturated rings. The van der Waals surface area contributed by atoms with Crippen molar-refractivity contribution in [3.8, 4) is 5.69 Å². The van der Waals surface area contributed by atoms with E-state index in [0.29, 0.717) is 21.7 Å². The molecule has 0 aliphatic carbocycles. The quantitative estimate of drug-likeness (QED) is 0.498. The standard InChI is InChI=1S/C19H19FN4O3S2/c1-21-29(26,27)12-14-4-2-13(3-5-14)10-22-18(25)17-11-23-19(28)24(17)16-8-6-15(20)7-9-16/h2-9,11,21H,10,12H2,1H3,(H,22,25)(H,23,28). The third kappa shape index (κ3) is 5.17. The number of aromatic nitrogens is 2. The number of sulfonamides is 1. The summed E-state index contributed by atoms with van der Waals surface area (Å²) in [4.78, 5) is 15.5. The van der Waals surface area contributed by atoms with Crippen molar-refractivity contribution < 1.29 is 17.6 Å². The summed E-state index contributed by atoms with van der Waals surface area (Å²) in [6, 6.07) is 12.6. The van der Waals surface area contributed by atoms with Crippen molar-refractivity contribution in [2.75, 3.05) is 7.05 Å². The van der Waals surface area contributed by atoms with Gasteiger partial charge in [0.05, 0.1) is 5.75 Å². The zero-order valence-electron chi connectivity index (χ0n) is 15.5. The number of halogens is 1. The summed E-state index contributed by atoms with van der Waals surface area (Å²) < 4.78 is 40.5. The van der Waals surface area contributed by atoms with E-state index in [2.05, 4.69) is 15.0 Å². The summed E-state index contributed by atoms with van der Waals surface area (Å²) in [7, 11) is -1.97. The van der Waals surface area contributed by atoms with Crippen LogP contribution >= 0.6 is 12.2 Å². The molecule has 7 nitrogen and oxygen atoms in total. The van der Waals surface area contributed by atoms with Gasteiger partial charge >= 0.3 is 0 Å². The second kappa shape index (κ2) is 8.68. The maximum Gasteiger partial charge on any atom is 0.270 e. The van der Waals surface area contributed by atoms with Crippen LogP contribution in [0.4, 0.5) is 4.39 Å². The van der Waals surface area contributed by atoms with Crippen LogP contribution in [0.15, 0.2) is 54.7 Å². The number of nitrogens with zero attached hydrogens (tertiary/aromatic N) is 1. The Labute approximate surface area is 172 Å². The van der Waals surface area contributed by atoms with Crippen LogP contribution in [0, 0.1) is 10.6 Å². The Morgan fingerprint density at radius 2 is 1.72 bits per heavy atom. The summed E-state index contributed by atoms with van der Waals surface area (Å²) >= 11 is 5.23. The van der Waals surface area contributed by atoms with Gasteiger partial charge in [-0.2, -0.15) is 0 Å². The fourth-order valence-electron chi connectivity index (χ4n) is 2.70. The highest BCUT2D eigenvalue weighted by atomic mass is 32.2. The second-order valence-corrected chi connectivity index (χ2v) is 8.57. The van der Waals surface area contributed by atoms with E-state index in [4.69, 9.17) is 12.2 Å². The third-order valence-corrected chi connectivity index (χ3v) is 5.87. The van der Waals surface area contributed by atoms with Crippen LogP contribution < -0.4 is 10.0 Å². The topological polar surface area (TPSA) is 96.0 Å². The van der Waals surface area contributed by atoms with E-state index in [-0.39, 0.29) is 24.0 Å². The number of amides is 1. The molecule has 1 aromatic heterocycles. The molecule has 0 bridgehead atoms. The molecule has 3 N–H and O–H groups in total. The largest absolute Gasteiger partial charge is 0.347 e. The summed E-state index contributed by atoms with van der Waals surface area (Å²) in [5.74, 6) is -0.852. The molecule has 0 aliphatic heterocycles. The van der Waals surface area contributed by atoms with Crippen LogP contribution in [0.3, 0.4) is 0 Å². The fraction of sp³-hybridized carbons (Fsp3) is 0.158. The minimum atomic E-state index is -3.34. The van der Waals surface area contributed by atoms with E-state index in [1.807, 2.05) is 0 Å². The Bertz CT molecular complexity index is 1170. The van der Waals surface area contributed by atoms with Gasteiger partial charge in [-0.15, -0.1) is 0 Å². The molecular formula is C19H19FN4O3S2. The number of benzene rings is 2. The summed E-state index contributed by atoms with van der Waals surface area (Å²) in [6.45, 7) is 0.249. The van der Waals surface area contributed by atoms with E-state index in [9.17, 15) is 17.6 Å². The van der Waals surface area contributed by atoms with Crippen LogP contribution in [0.1, 0.15) is 21.6 Å². The van der Waals surface area contributed by atoms with Crippen molar-refractivity contribution in [3.05, 3.63) is 82.1 Å². The average Bonchev–Trinajstić information content (AvgIpc) is 3.09. The molecule has 0 atom stereocenters. The summed E-state index contributed by atoms with van der Waals surface area (Å²) in [5.41, 5.74) is 2.31. The Kier molecular flexibility index (Phi) is 6.26. The molecule has 0 saturated heterocycles. The van der Waals surface area contributed by atoms with Gasteiger partial charge in [0.25, 0.3) is 5.91 Å². The molecule has 10 heteroatoms. The number of rotatable bonds is 7. The van der Waals surface area contributed by atoms with E-state index < -0.39 is 10.0 Å². The molecule has 152 valence electrons. The SMILES string of the molecule is CNS(=O)(=O)Cc1ccc(CNC(=O)c2c[nH]c(=S)n2-c2ccc(F)cc2)cc1. The highest BCUT2D eigenvalue weighted by molar-refractivity contribution is 7.88. The van der Waals surface area contributed by atoms with Gasteiger partial charge in [-0.05, 0) is 54.7 Å². The van der Waals surface area contributed by atoms with Gasteiger partial charge < -0.3 is 10.3 Å². The first-order valence-corrected chi connectivity index (χ1v) is 10.7. The van der Waals surface area contributed by atoms with E-state index in [1.165, 1.54) is 42.1 Å². The summed E-state index contributed by atoms with van der Waals surface area (Å²) in [5, 5.41) is 2.80. The van der Waals surface area contributed by atoms with Gasteiger partial charge in [0, 0.05) is 18.4 Å². The Morgan fingerprint density at radius 1 is 1.10 bits per heavy atom. The number of nitrogens with one attached hydrogen (secondary N) is 3. The van der Waals surface area contributed by atoms with E-state index in [0.717, 1.165) is 5.56 Å². The average molecular weight is 435 g/mol. The molecule has 29 heavy (non-hydrogen) atoms. The van der Waals surface area contributed by atoms with Crippen LogP contribution in [0.5, 0.6) is 0 Å². The number of carbonyl (C=O) groups is 1. The van der Waals surface area contributed by atoms with Crippen molar-refractivity contribution in [1.29, 1.82) is 0 Å². The van der Waals surface area contributed by atoms with Crippen LogP contribution in [0.25, 0.3) is 5.69 Å². The molecule has 3 rings (SSSR count). The molecule has 3 aromatic rings. The van der Waals surface area contributed by atoms with Gasteiger partial charge in [0.1, 0.15) is 11.5 Å². The zero-order chi connectivity index (χ0) is 21.0. The van der Waals surface area contributed by atoms with Gasteiger partial charge in [-0.1, -0.05) is 24.3 Å². The number of aromatic amines is 1. The van der Waals surface area contributed by atoms with Gasteiger partial charge in [-0.25, -0.2) is 17.5 Å². The van der Waals surface area contributed by atoms with Gasteiger partial charge in [0.2, 0.25) is 10.0 Å². The molecular weight excluding hydrogens is 415 g/mol. The normalized spacial score (nSPS) is 11.4. The molecule has 1 heterocycles. The lowest BCUT2D eigenvalue weighted by molar-refractivity contribution is 0.0944. The first kappa shape index (κ1) is 20.9. The lowest BCUT2D eigenvalue weighted by Crippen LogP contribution is -2.25.